The van der Waals surface area contributed by atoms with Crippen LogP contribution in [0.3, 0.4) is 0 Å². The van der Waals surface area contributed by atoms with Crippen LogP contribution in [0, 0.1) is 0 Å². The molecule has 0 aliphatic rings. The molecule has 0 fully saturated rings. The summed E-state index contributed by atoms with van der Waals surface area (Å²) < 4.78 is 6.74. The van der Waals surface area contributed by atoms with Gasteiger partial charge < -0.3 is 4.74 Å². The monoisotopic (exact) mass is 317 g/mol. The lowest BCUT2D eigenvalue weighted by atomic mass is 10.2. The Morgan fingerprint density at radius 2 is 1.95 bits per heavy atom. The van der Waals surface area contributed by atoms with Crippen LogP contribution >= 0.6 is 15.9 Å². The topological polar surface area (TPSA) is 21.6 Å². The molecule has 3 heteroatoms. The molecule has 0 aliphatic carbocycles. The van der Waals surface area contributed by atoms with Gasteiger partial charge in [-0.1, -0.05) is 41.1 Å². The summed E-state index contributed by atoms with van der Waals surface area (Å²) in [5.41, 5.74) is 1.91. The van der Waals surface area contributed by atoms with Crippen molar-refractivity contribution in [1.29, 1.82) is 0 Å². The number of para-hydroxylation sites is 1. The molecule has 0 unspecified atom stereocenters. The predicted octanol–water partition coefficient (Wildman–Crippen LogP) is 4.99. The minimum atomic E-state index is 0.716. The third kappa shape index (κ3) is 4.21. The Morgan fingerprint density at radius 3 is 2.68 bits per heavy atom. The molecule has 0 saturated heterocycles. The van der Waals surface area contributed by atoms with Crippen molar-refractivity contribution in [2.45, 2.75) is 13.3 Å². The van der Waals surface area contributed by atoms with Crippen molar-refractivity contribution in [2.24, 2.45) is 4.99 Å². The summed E-state index contributed by atoms with van der Waals surface area (Å²) in [5.74, 6) is 0.865. The standard InChI is InChI=1S/C16H16BrNO/c1-2-10-19-16-9-8-14(17)11-13(16)12-18-15-6-4-3-5-7-15/h3-9,11-12H,2,10H2,1H3. The molecule has 0 aliphatic heterocycles. The van der Waals surface area contributed by atoms with E-state index in [-0.39, 0.29) is 0 Å². The molecule has 98 valence electrons. The van der Waals surface area contributed by atoms with Gasteiger partial charge in [-0.05, 0) is 36.8 Å². The highest BCUT2D eigenvalue weighted by Crippen LogP contribution is 2.23. The highest BCUT2D eigenvalue weighted by atomic mass is 79.9. The average molecular weight is 318 g/mol. The summed E-state index contributed by atoms with van der Waals surface area (Å²) in [5, 5.41) is 0. The van der Waals surface area contributed by atoms with Gasteiger partial charge in [-0.25, -0.2) is 0 Å². The fourth-order valence-electron chi connectivity index (χ4n) is 1.62. The first-order chi connectivity index (χ1) is 9.29. The molecule has 2 nitrogen and oxygen atoms in total. The van der Waals surface area contributed by atoms with Gasteiger partial charge in [-0.15, -0.1) is 0 Å². The molecule has 0 radical (unpaired) electrons. The third-order valence-corrected chi connectivity index (χ3v) is 3.04. The summed E-state index contributed by atoms with van der Waals surface area (Å²) >= 11 is 3.47. The van der Waals surface area contributed by atoms with Gasteiger partial charge in [0, 0.05) is 16.3 Å². The van der Waals surface area contributed by atoms with E-state index in [1.54, 1.807) is 0 Å². The second kappa shape index (κ2) is 7.10. The smallest absolute Gasteiger partial charge is 0.128 e. The van der Waals surface area contributed by atoms with Crippen LogP contribution in [0.5, 0.6) is 5.75 Å². The molecule has 0 heterocycles. The van der Waals surface area contributed by atoms with Gasteiger partial charge in [-0.2, -0.15) is 0 Å². The Morgan fingerprint density at radius 1 is 1.16 bits per heavy atom. The summed E-state index contributed by atoms with van der Waals surface area (Å²) in [6.07, 6.45) is 2.83. The van der Waals surface area contributed by atoms with Crippen LogP contribution in [0.25, 0.3) is 0 Å². The van der Waals surface area contributed by atoms with Crippen molar-refractivity contribution >= 4 is 27.8 Å². The Kier molecular flexibility index (Phi) is 5.16. The summed E-state index contributed by atoms with van der Waals surface area (Å²) in [4.78, 5) is 4.46. The van der Waals surface area contributed by atoms with Gasteiger partial charge in [-0.3, -0.25) is 4.99 Å². The molecule has 19 heavy (non-hydrogen) atoms. The van der Waals surface area contributed by atoms with Gasteiger partial charge in [0.1, 0.15) is 5.75 Å². The van der Waals surface area contributed by atoms with Crippen molar-refractivity contribution in [2.75, 3.05) is 6.61 Å². The Balaban J connectivity index is 2.22. The van der Waals surface area contributed by atoms with Crippen molar-refractivity contribution in [3.8, 4) is 5.75 Å². The molecule has 0 aromatic heterocycles. The van der Waals surface area contributed by atoms with Crippen LogP contribution in [0.1, 0.15) is 18.9 Å². The molecular weight excluding hydrogens is 302 g/mol. The second-order valence-corrected chi connectivity index (χ2v) is 5.04. The summed E-state index contributed by atoms with van der Waals surface area (Å²) in [6, 6.07) is 15.8. The van der Waals surface area contributed by atoms with E-state index in [0.29, 0.717) is 6.61 Å². The van der Waals surface area contributed by atoms with Crippen molar-refractivity contribution < 1.29 is 4.74 Å². The minimum absolute atomic E-state index is 0.716. The van der Waals surface area contributed by atoms with Gasteiger partial charge in [0.2, 0.25) is 0 Å². The van der Waals surface area contributed by atoms with E-state index in [9.17, 15) is 0 Å². The predicted molar refractivity (Wildman–Crippen MR) is 83.6 cm³/mol. The molecule has 0 spiro atoms. The molecule has 0 atom stereocenters. The maximum absolute atomic E-state index is 5.72. The molecular formula is C16H16BrNO. The molecule has 2 aromatic rings. The van der Waals surface area contributed by atoms with E-state index >= 15 is 0 Å². The molecule has 0 bridgehead atoms. The van der Waals surface area contributed by atoms with E-state index in [1.807, 2.05) is 54.7 Å². The van der Waals surface area contributed by atoms with Crippen LogP contribution in [0.4, 0.5) is 5.69 Å². The molecule has 0 amide bonds. The minimum Gasteiger partial charge on any atom is -0.493 e. The van der Waals surface area contributed by atoms with Crippen molar-refractivity contribution in [1.82, 2.24) is 0 Å². The van der Waals surface area contributed by atoms with Crippen LogP contribution in [-0.2, 0) is 0 Å². The number of hydrogen-bond acceptors (Lipinski definition) is 2. The second-order valence-electron chi connectivity index (χ2n) is 4.12. The normalized spacial score (nSPS) is 10.8. The van der Waals surface area contributed by atoms with Crippen molar-refractivity contribution in [3.63, 3.8) is 0 Å². The van der Waals surface area contributed by atoms with Gasteiger partial charge in [0.05, 0.1) is 12.3 Å². The summed E-state index contributed by atoms with van der Waals surface area (Å²) in [6.45, 7) is 2.81. The number of hydrogen-bond donors (Lipinski definition) is 0. The number of aliphatic imine (C=N–C) groups is 1. The number of halogens is 1. The van der Waals surface area contributed by atoms with Gasteiger partial charge >= 0.3 is 0 Å². The van der Waals surface area contributed by atoms with E-state index < -0.39 is 0 Å². The van der Waals surface area contributed by atoms with E-state index in [4.69, 9.17) is 4.74 Å². The maximum atomic E-state index is 5.72. The zero-order chi connectivity index (χ0) is 13.5. The van der Waals surface area contributed by atoms with Crippen LogP contribution < -0.4 is 4.74 Å². The van der Waals surface area contributed by atoms with Crippen molar-refractivity contribution in [3.05, 3.63) is 58.6 Å². The van der Waals surface area contributed by atoms with Crippen LogP contribution in [0.2, 0.25) is 0 Å². The maximum Gasteiger partial charge on any atom is 0.128 e. The molecule has 2 rings (SSSR count). The zero-order valence-electron chi connectivity index (χ0n) is 10.8. The third-order valence-electron chi connectivity index (χ3n) is 2.54. The van der Waals surface area contributed by atoms with Crippen LogP contribution in [-0.4, -0.2) is 12.8 Å². The first-order valence-electron chi connectivity index (χ1n) is 6.31. The molecule has 0 N–H and O–H groups in total. The Labute approximate surface area is 122 Å². The first-order valence-corrected chi connectivity index (χ1v) is 7.10. The van der Waals surface area contributed by atoms with Gasteiger partial charge in [0.25, 0.3) is 0 Å². The number of rotatable bonds is 5. The van der Waals surface area contributed by atoms with Gasteiger partial charge in [0.15, 0.2) is 0 Å². The average Bonchev–Trinajstić information content (AvgIpc) is 2.45. The zero-order valence-corrected chi connectivity index (χ0v) is 12.4. The number of ether oxygens (including phenoxy) is 1. The first kappa shape index (κ1) is 13.8. The number of nitrogens with zero attached hydrogens (tertiary/aromatic N) is 1. The highest BCUT2D eigenvalue weighted by molar-refractivity contribution is 9.10. The summed E-state index contributed by atoms with van der Waals surface area (Å²) in [7, 11) is 0. The fourth-order valence-corrected chi connectivity index (χ4v) is 2.00. The van der Waals surface area contributed by atoms with E-state index in [0.717, 1.165) is 27.9 Å². The molecule has 2 aromatic carbocycles. The Hall–Kier alpha value is -1.61. The lowest BCUT2D eigenvalue weighted by Crippen LogP contribution is -1.98. The van der Waals surface area contributed by atoms with E-state index in [2.05, 4.69) is 27.8 Å². The Bertz CT molecular complexity index is 552. The lowest BCUT2D eigenvalue weighted by Gasteiger charge is -2.08. The van der Waals surface area contributed by atoms with Crippen LogP contribution in [0.15, 0.2) is 58.0 Å². The molecule has 0 saturated carbocycles. The largest absolute Gasteiger partial charge is 0.493 e. The highest BCUT2D eigenvalue weighted by Gasteiger charge is 2.02. The lowest BCUT2D eigenvalue weighted by molar-refractivity contribution is 0.317. The number of benzene rings is 2. The van der Waals surface area contributed by atoms with E-state index in [1.165, 1.54) is 0 Å². The SMILES string of the molecule is CCCOc1ccc(Br)cc1C=Nc1ccccc1. The fraction of sp³-hybridized carbons (Fsp3) is 0.188. The quantitative estimate of drug-likeness (QED) is 0.712.